The van der Waals surface area contributed by atoms with Crippen LogP contribution in [-0.2, 0) is 17.3 Å². The highest BCUT2D eigenvalue weighted by Gasteiger charge is 2.34. The number of amides is 2. The number of nitrogens with zero attached hydrogens (tertiary/aromatic N) is 3. The van der Waals surface area contributed by atoms with Crippen LogP contribution in [0.3, 0.4) is 0 Å². The summed E-state index contributed by atoms with van der Waals surface area (Å²) in [5.74, 6) is -0.744. The molecule has 2 amide bonds. The Bertz CT molecular complexity index is 2030. The van der Waals surface area contributed by atoms with Gasteiger partial charge in [0.1, 0.15) is 22.1 Å². The highest BCUT2D eigenvalue weighted by Crippen LogP contribution is 2.39. The van der Waals surface area contributed by atoms with Crippen LogP contribution < -0.4 is 16.1 Å². The SMILES string of the molecule is CCNC(=O)Nc1cc(-c2nc(C(F)(F)F)cs2)c(-c2ccc3c(c2)c(=O)c(C(=O)OCC)cn3[C@@H](CO)Cc2ccc(O)cc2)cn1. The number of anilines is 1. The molecule has 0 fully saturated rings. The van der Waals surface area contributed by atoms with Crippen LogP contribution in [0.25, 0.3) is 32.6 Å². The zero-order valence-corrected chi connectivity index (χ0v) is 26.5. The van der Waals surface area contributed by atoms with Crippen LogP contribution in [-0.4, -0.2) is 56.5 Å². The Morgan fingerprint density at radius 1 is 1.08 bits per heavy atom. The summed E-state index contributed by atoms with van der Waals surface area (Å²) in [7, 11) is 0. The third kappa shape index (κ3) is 7.31. The first kappa shape index (κ1) is 34.1. The second-order valence-electron chi connectivity index (χ2n) is 10.6. The summed E-state index contributed by atoms with van der Waals surface area (Å²) in [6.07, 6.45) is -1.72. The van der Waals surface area contributed by atoms with Gasteiger partial charge in [-0.05, 0) is 61.7 Å². The maximum Gasteiger partial charge on any atom is 0.434 e. The summed E-state index contributed by atoms with van der Waals surface area (Å²) in [5, 5.41) is 26.2. The number of pyridine rings is 2. The molecule has 4 N–H and O–H groups in total. The van der Waals surface area contributed by atoms with E-state index in [0.717, 1.165) is 22.3 Å². The summed E-state index contributed by atoms with van der Waals surface area (Å²) in [5.41, 5.74) is -0.00905. The van der Waals surface area contributed by atoms with Crippen molar-refractivity contribution in [2.24, 2.45) is 0 Å². The van der Waals surface area contributed by atoms with Gasteiger partial charge in [-0.3, -0.25) is 10.1 Å². The molecule has 0 saturated heterocycles. The minimum atomic E-state index is -4.69. The van der Waals surface area contributed by atoms with Crippen molar-refractivity contribution in [3.63, 3.8) is 0 Å². The lowest BCUT2D eigenvalue weighted by atomic mass is 9.98. The fourth-order valence-electron chi connectivity index (χ4n) is 5.11. The molecule has 1 atom stereocenters. The number of carbonyl (C=O) groups is 2. The fourth-order valence-corrected chi connectivity index (χ4v) is 5.97. The molecule has 5 rings (SSSR count). The van der Waals surface area contributed by atoms with E-state index in [2.05, 4.69) is 20.6 Å². The van der Waals surface area contributed by atoms with Crippen LogP contribution in [0.15, 0.2) is 71.1 Å². The number of phenols is 1. The molecule has 15 heteroatoms. The Morgan fingerprint density at radius 3 is 2.48 bits per heavy atom. The molecular formula is C33H30F3N5O6S. The van der Waals surface area contributed by atoms with Crippen molar-refractivity contribution in [2.75, 3.05) is 25.1 Å². The topological polar surface area (TPSA) is 156 Å². The van der Waals surface area contributed by atoms with Crippen LogP contribution in [0, 0.1) is 0 Å². The molecule has 0 spiro atoms. The smallest absolute Gasteiger partial charge is 0.434 e. The molecule has 0 aliphatic heterocycles. The first-order chi connectivity index (χ1) is 22.9. The molecule has 0 unspecified atom stereocenters. The molecule has 3 aromatic heterocycles. The van der Waals surface area contributed by atoms with Gasteiger partial charge in [-0.2, -0.15) is 13.2 Å². The maximum atomic E-state index is 13.8. The molecule has 0 aliphatic carbocycles. The minimum Gasteiger partial charge on any atom is -0.508 e. The largest absolute Gasteiger partial charge is 0.508 e. The average molecular weight is 682 g/mol. The van der Waals surface area contributed by atoms with E-state index in [9.17, 15) is 37.8 Å². The Balaban J connectivity index is 1.69. The fraction of sp³-hybridized carbons (Fsp3) is 0.242. The van der Waals surface area contributed by atoms with Crippen molar-refractivity contribution in [3.05, 3.63) is 93.3 Å². The predicted molar refractivity (Wildman–Crippen MR) is 174 cm³/mol. The highest BCUT2D eigenvalue weighted by atomic mass is 32.1. The van der Waals surface area contributed by atoms with Gasteiger partial charge >= 0.3 is 18.2 Å². The standard InChI is InChI=1S/C33H30F3N5O6S/c1-3-37-32(46)40-28-13-22(30-39-27(17-48-30)33(34,35)36)24(14-38-28)19-7-10-26-23(12-19)29(44)25(31(45)47-4-2)15-41(26)20(16-42)11-18-5-8-21(43)9-6-18/h5-10,12-15,17,20,42-43H,3-4,11,16H2,1-2H3,(H2,37,38,40,46)/t20-/m1/s1. The van der Waals surface area contributed by atoms with Gasteiger partial charge in [0.05, 0.1) is 24.8 Å². The van der Waals surface area contributed by atoms with E-state index in [0.29, 0.717) is 23.2 Å². The molecule has 2 aromatic carbocycles. The molecule has 11 nitrogen and oxygen atoms in total. The number of halogens is 3. The van der Waals surface area contributed by atoms with Gasteiger partial charge in [-0.15, -0.1) is 11.3 Å². The van der Waals surface area contributed by atoms with Crippen LogP contribution in [0.5, 0.6) is 5.75 Å². The van der Waals surface area contributed by atoms with E-state index in [4.69, 9.17) is 4.74 Å². The number of aliphatic hydroxyl groups is 1. The Morgan fingerprint density at radius 2 is 1.83 bits per heavy atom. The van der Waals surface area contributed by atoms with Gasteiger partial charge in [0.2, 0.25) is 5.43 Å². The third-order valence-electron chi connectivity index (χ3n) is 7.36. The van der Waals surface area contributed by atoms with E-state index >= 15 is 0 Å². The zero-order valence-electron chi connectivity index (χ0n) is 25.7. The lowest BCUT2D eigenvalue weighted by Gasteiger charge is -2.22. The van der Waals surface area contributed by atoms with Crippen molar-refractivity contribution < 1.29 is 37.7 Å². The number of esters is 1. The molecular weight excluding hydrogens is 651 g/mol. The number of alkyl halides is 3. The van der Waals surface area contributed by atoms with Crippen molar-refractivity contribution in [3.8, 4) is 27.4 Å². The van der Waals surface area contributed by atoms with Gasteiger partial charge in [-0.25, -0.2) is 19.6 Å². The van der Waals surface area contributed by atoms with Crippen molar-refractivity contribution in [1.29, 1.82) is 0 Å². The van der Waals surface area contributed by atoms with Gasteiger partial charge in [0, 0.05) is 40.8 Å². The number of benzene rings is 2. The number of nitrogens with one attached hydrogen (secondary N) is 2. The number of ether oxygens (including phenoxy) is 1. The summed E-state index contributed by atoms with van der Waals surface area (Å²) >= 11 is 0.748. The van der Waals surface area contributed by atoms with Gasteiger partial charge in [0.25, 0.3) is 0 Å². The summed E-state index contributed by atoms with van der Waals surface area (Å²) in [6.45, 7) is 3.27. The minimum absolute atomic E-state index is 0.00665. The van der Waals surface area contributed by atoms with Crippen molar-refractivity contribution in [1.82, 2.24) is 19.9 Å². The van der Waals surface area contributed by atoms with Crippen LogP contribution in [0.4, 0.5) is 23.8 Å². The Kier molecular flexibility index (Phi) is 10.1. The molecule has 3 heterocycles. The van der Waals surface area contributed by atoms with Gasteiger partial charge < -0.3 is 24.8 Å². The quantitative estimate of drug-likeness (QED) is 0.131. The number of rotatable bonds is 10. The average Bonchev–Trinajstić information content (AvgIpc) is 3.56. The van der Waals surface area contributed by atoms with E-state index in [-0.39, 0.29) is 52.7 Å². The Labute approximate surface area is 275 Å². The highest BCUT2D eigenvalue weighted by molar-refractivity contribution is 7.13. The predicted octanol–water partition coefficient (Wildman–Crippen LogP) is 6.01. The normalized spacial score (nSPS) is 12.1. The van der Waals surface area contributed by atoms with Gasteiger partial charge in [-0.1, -0.05) is 18.2 Å². The number of aromatic nitrogens is 3. The molecule has 48 heavy (non-hydrogen) atoms. The first-order valence-electron chi connectivity index (χ1n) is 14.8. The summed E-state index contributed by atoms with van der Waals surface area (Å²) in [6, 6.07) is 11.3. The molecule has 0 aliphatic rings. The number of hydrogen-bond donors (Lipinski definition) is 4. The van der Waals surface area contributed by atoms with E-state index < -0.39 is 35.3 Å². The maximum absolute atomic E-state index is 13.8. The van der Waals surface area contributed by atoms with E-state index in [1.165, 1.54) is 36.7 Å². The molecule has 0 bridgehead atoms. The number of carbonyl (C=O) groups excluding carboxylic acids is 2. The Hall–Kier alpha value is -5.28. The van der Waals surface area contributed by atoms with Crippen molar-refractivity contribution in [2.45, 2.75) is 32.5 Å². The number of thiazole rings is 1. The summed E-state index contributed by atoms with van der Waals surface area (Å²) < 4.78 is 47.3. The number of urea groups is 1. The second-order valence-corrected chi connectivity index (χ2v) is 11.4. The van der Waals surface area contributed by atoms with Crippen molar-refractivity contribution >= 4 is 40.1 Å². The van der Waals surface area contributed by atoms with Crippen LogP contribution in [0.2, 0.25) is 0 Å². The molecule has 250 valence electrons. The number of hydrogen-bond acceptors (Lipinski definition) is 9. The number of aliphatic hydroxyl groups excluding tert-OH is 1. The number of aromatic hydroxyl groups is 1. The summed E-state index contributed by atoms with van der Waals surface area (Å²) in [4.78, 5) is 47.0. The molecule has 5 aromatic rings. The number of phenolic OH excluding ortho intramolecular Hbond substituents is 1. The number of fused-ring (bicyclic) bond motifs is 1. The second kappa shape index (κ2) is 14.2. The van der Waals surface area contributed by atoms with Gasteiger partial charge in [0.15, 0.2) is 5.69 Å². The monoisotopic (exact) mass is 681 g/mol. The lowest BCUT2D eigenvalue weighted by molar-refractivity contribution is -0.140. The van der Waals surface area contributed by atoms with E-state index in [1.807, 2.05) is 0 Å². The van der Waals surface area contributed by atoms with Crippen LogP contribution in [0.1, 0.15) is 41.5 Å². The van der Waals surface area contributed by atoms with E-state index in [1.54, 1.807) is 42.7 Å². The third-order valence-corrected chi connectivity index (χ3v) is 8.23. The lowest BCUT2D eigenvalue weighted by Crippen LogP contribution is -2.28. The first-order valence-corrected chi connectivity index (χ1v) is 15.6. The van der Waals surface area contributed by atoms with Crippen LogP contribution >= 0.6 is 11.3 Å². The molecule has 0 saturated carbocycles. The zero-order chi connectivity index (χ0) is 34.6. The molecule has 0 radical (unpaired) electrons.